The van der Waals surface area contributed by atoms with Crippen LogP contribution in [0.15, 0.2) is 42.5 Å². The van der Waals surface area contributed by atoms with Gasteiger partial charge in [0.05, 0.1) is 5.56 Å². The summed E-state index contributed by atoms with van der Waals surface area (Å²) >= 11 is 5.55. The van der Waals surface area contributed by atoms with Gasteiger partial charge in [-0.25, -0.2) is 0 Å². The van der Waals surface area contributed by atoms with E-state index in [2.05, 4.69) is 0 Å². The van der Waals surface area contributed by atoms with Crippen molar-refractivity contribution in [3.8, 4) is 11.5 Å². The van der Waals surface area contributed by atoms with Crippen LogP contribution in [0, 0.1) is 0 Å². The molecule has 0 N–H and O–H groups in total. The smallest absolute Gasteiger partial charge is 0.416 e. The van der Waals surface area contributed by atoms with Crippen LogP contribution in [-0.2, 0) is 18.5 Å². The van der Waals surface area contributed by atoms with Crippen molar-refractivity contribution in [1.82, 2.24) is 0 Å². The Hall–Kier alpha value is -1.68. The predicted octanol–water partition coefficient (Wildman–Crippen LogP) is 5.80. The van der Waals surface area contributed by atoms with Gasteiger partial charge in [0.15, 0.2) is 0 Å². The van der Waals surface area contributed by atoms with Gasteiger partial charge in [0, 0.05) is 5.88 Å². The first-order valence-corrected chi connectivity index (χ1v) is 7.00. The zero-order chi connectivity index (χ0) is 15.5. The largest absolute Gasteiger partial charge is 0.457 e. The first kappa shape index (κ1) is 15.7. The molecule has 5 heteroatoms. The summed E-state index contributed by atoms with van der Waals surface area (Å²) in [6, 6.07) is 11.1. The van der Waals surface area contributed by atoms with Crippen molar-refractivity contribution >= 4 is 11.6 Å². The number of rotatable bonds is 4. The maximum atomic E-state index is 13.0. The molecule has 0 aliphatic rings. The van der Waals surface area contributed by atoms with Crippen molar-refractivity contribution in [3.63, 3.8) is 0 Å². The number of hydrogen-bond donors (Lipinski definition) is 0. The van der Waals surface area contributed by atoms with Crippen LogP contribution in [0.4, 0.5) is 13.2 Å². The van der Waals surface area contributed by atoms with E-state index < -0.39 is 11.7 Å². The van der Waals surface area contributed by atoms with Crippen molar-refractivity contribution < 1.29 is 17.9 Å². The average Bonchev–Trinajstić information content (AvgIpc) is 2.46. The lowest BCUT2D eigenvalue weighted by atomic mass is 10.1. The van der Waals surface area contributed by atoms with Gasteiger partial charge < -0.3 is 4.74 Å². The Morgan fingerprint density at radius 3 is 2.38 bits per heavy atom. The fraction of sp³-hybridized carbons (Fsp3) is 0.250. The Labute approximate surface area is 126 Å². The molecule has 2 aromatic rings. The highest BCUT2D eigenvalue weighted by Gasteiger charge is 2.33. The summed E-state index contributed by atoms with van der Waals surface area (Å²) in [7, 11) is 0. The van der Waals surface area contributed by atoms with Crippen molar-refractivity contribution in [2.24, 2.45) is 0 Å². The molecule has 0 spiro atoms. The molecule has 0 fully saturated rings. The maximum Gasteiger partial charge on any atom is 0.416 e. The van der Waals surface area contributed by atoms with Gasteiger partial charge in [-0.3, -0.25) is 0 Å². The number of ether oxygens (including phenoxy) is 1. The van der Waals surface area contributed by atoms with Crippen LogP contribution in [0.25, 0.3) is 0 Å². The lowest BCUT2D eigenvalue weighted by Crippen LogP contribution is -2.08. The lowest BCUT2D eigenvalue weighted by molar-refractivity contribution is -0.138. The van der Waals surface area contributed by atoms with Crippen molar-refractivity contribution in [3.05, 3.63) is 59.2 Å². The normalized spacial score (nSPS) is 11.5. The average molecular weight is 315 g/mol. The summed E-state index contributed by atoms with van der Waals surface area (Å²) < 4.78 is 44.4. The molecule has 0 heterocycles. The predicted molar refractivity (Wildman–Crippen MR) is 76.9 cm³/mol. The van der Waals surface area contributed by atoms with Crippen molar-refractivity contribution in [2.75, 3.05) is 0 Å². The second kappa shape index (κ2) is 6.39. The zero-order valence-corrected chi connectivity index (χ0v) is 12.1. The van der Waals surface area contributed by atoms with E-state index in [0.717, 1.165) is 18.1 Å². The van der Waals surface area contributed by atoms with E-state index in [0.29, 0.717) is 5.75 Å². The molecule has 112 valence electrons. The summed E-state index contributed by atoms with van der Waals surface area (Å²) in [6.45, 7) is 2.00. The molecular formula is C16H14ClF3O. The number of aryl methyl sites for hydroxylation is 1. The van der Waals surface area contributed by atoms with Crippen LogP contribution in [0.3, 0.4) is 0 Å². The van der Waals surface area contributed by atoms with Gasteiger partial charge in [0.1, 0.15) is 11.5 Å². The number of alkyl halides is 4. The number of halogens is 4. The van der Waals surface area contributed by atoms with Crippen LogP contribution < -0.4 is 4.74 Å². The van der Waals surface area contributed by atoms with Gasteiger partial charge in [-0.2, -0.15) is 13.2 Å². The van der Waals surface area contributed by atoms with E-state index in [9.17, 15) is 13.2 Å². The molecule has 0 radical (unpaired) electrons. The minimum atomic E-state index is -4.45. The Morgan fingerprint density at radius 2 is 1.76 bits per heavy atom. The van der Waals surface area contributed by atoms with E-state index in [4.69, 9.17) is 16.3 Å². The molecule has 0 aliphatic heterocycles. The second-order valence-electron chi connectivity index (χ2n) is 4.55. The summed E-state index contributed by atoms with van der Waals surface area (Å²) in [6.07, 6.45) is -3.62. The van der Waals surface area contributed by atoms with Gasteiger partial charge in [-0.15, -0.1) is 11.6 Å². The van der Waals surface area contributed by atoms with E-state index in [1.54, 1.807) is 6.07 Å². The van der Waals surface area contributed by atoms with Gasteiger partial charge in [-0.1, -0.05) is 25.1 Å². The minimum Gasteiger partial charge on any atom is -0.457 e. The van der Waals surface area contributed by atoms with Crippen molar-refractivity contribution in [2.45, 2.75) is 25.4 Å². The zero-order valence-electron chi connectivity index (χ0n) is 11.4. The van der Waals surface area contributed by atoms with Crippen LogP contribution in [0.1, 0.15) is 23.6 Å². The SMILES string of the molecule is CCc1cccc(Oc2ccc(CCl)c(C(F)(F)F)c2)c1. The summed E-state index contributed by atoms with van der Waals surface area (Å²) in [5.74, 6) is 0.464. The third-order valence-electron chi connectivity index (χ3n) is 3.07. The molecule has 2 aromatic carbocycles. The molecule has 0 atom stereocenters. The maximum absolute atomic E-state index is 13.0. The lowest BCUT2D eigenvalue weighted by Gasteiger charge is -2.14. The minimum absolute atomic E-state index is 0.0406. The first-order valence-electron chi connectivity index (χ1n) is 6.47. The summed E-state index contributed by atoms with van der Waals surface area (Å²) in [5.41, 5.74) is 0.335. The van der Waals surface area contributed by atoms with Gasteiger partial charge >= 0.3 is 6.18 Å². The molecule has 0 saturated carbocycles. The molecule has 0 amide bonds. The Balaban J connectivity index is 2.32. The molecular weight excluding hydrogens is 301 g/mol. The van der Waals surface area contributed by atoms with Crippen LogP contribution in [0.5, 0.6) is 11.5 Å². The van der Waals surface area contributed by atoms with E-state index in [1.807, 2.05) is 25.1 Å². The monoisotopic (exact) mass is 314 g/mol. The third-order valence-corrected chi connectivity index (χ3v) is 3.36. The topological polar surface area (TPSA) is 9.23 Å². The highest BCUT2D eigenvalue weighted by molar-refractivity contribution is 6.17. The molecule has 21 heavy (non-hydrogen) atoms. The van der Waals surface area contributed by atoms with E-state index >= 15 is 0 Å². The molecule has 0 saturated heterocycles. The van der Waals surface area contributed by atoms with Gasteiger partial charge in [0.2, 0.25) is 0 Å². The fourth-order valence-corrected chi connectivity index (χ4v) is 2.20. The van der Waals surface area contributed by atoms with Crippen molar-refractivity contribution in [1.29, 1.82) is 0 Å². The molecule has 0 bridgehead atoms. The molecule has 0 aliphatic carbocycles. The van der Waals surface area contributed by atoms with Gasteiger partial charge in [0.25, 0.3) is 0 Å². The first-order chi connectivity index (χ1) is 9.94. The highest BCUT2D eigenvalue weighted by atomic mass is 35.5. The van der Waals surface area contributed by atoms with Crippen LogP contribution in [0.2, 0.25) is 0 Å². The Kier molecular flexibility index (Phi) is 4.78. The van der Waals surface area contributed by atoms with Crippen LogP contribution in [-0.4, -0.2) is 0 Å². The van der Waals surface area contributed by atoms with Crippen LogP contribution >= 0.6 is 11.6 Å². The molecule has 1 nitrogen and oxygen atoms in total. The molecule has 0 aromatic heterocycles. The van der Waals surface area contributed by atoms with Gasteiger partial charge in [-0.05, 0) is 41.8 Å². The highest BCUT2D eigenvalue weighted by Crippen LogP contribution is 2.36. The Morgan fingerprint density at radius 1 is 1.05 bits per heavy atom. The molecule has 2 rings (SSSR count). The number of hydrogen-bond acceptors (Lipinski definition) is 1. The second-order valence-corrected chi connectivity index (χ2v) is 4.82. The summed E-state index contributed by atoms with van der Waals surface area (Å²) in [5, 5.41) is 0. The number of benzene rings is 2. The van der Waals surface area contributed by atoms with E-state index in [1.165, 1.54) is 12.1 Å². The summed E-state index contributed by atoms with van der Waals surface area (Å²) in [4.78, 5) is 0. The Bertz CT molecular complexity index is 623. The quantitative estimate of drug-likeness (QED) is 0.648. The standard InChI is InChI=1S/C16H14ClF3O/c1-2-11-4-3-5-13(8-11)21-14-7-6-12(10-17)15(9-14)16(18,19)20/h3-9H,2,10H2,1H3. The third kappa shape index (κ3) is 3.91. The molecule has 0 unspecified atom stereocenters. The van der Waals surface area contributed by atoms with E-state index in [-0.39, 0.29) is 17.2 Å². The fourth-order valence-electron chi connectivity index (χ4n) is 1.96.